The van der Waals surface area contributed by atoms with E-state index in [0.29, 0.717) is 6.61 Å². The second kappa shape index (κ2) is 5.64. The lowest BCUT2D eigenvalue weighted by atomic mass is 9.87. The second-order valence-electron chi connectivity index (χ2n) is 5.12. The van der Waals surface area contributed by atoms with Gasteiger partial charge in [-0.15, -0.1) is 0 Å². The summed E-state index contributed by atoms with van der Waals surface area (Å²) in [6.07, 6.45) is 3.56. The van der Waals surface area contributed by atoms with Gasteiger partial charge in [-0.25, -0.2) is 0 Å². The first-order valence-electron chi connectivity index (χ1n) is 5.84. The number of aliphatic hydroxyl groups is 1. The molecule has 0 aliphatic heterocycles. The zero-order valence-corrected chi connectivity index (χ0v) is 10.4. The maximum absolute atomic E-state index is 11.3. The third-order valence-electron chi connectivity index (χ3n) is 2.88. The Balaban J connectivity index is 2.24. The minimum Gasteiger partial charge on any atom is -0.469 e. The Morgan fingerprint density at radius 3 is 2.31 bits per heavy atom. The van der Waals surface area contributed by atoms with E-state index in [4.69, 9.17) is 9.47 Å². The predicted octanol–water partition coefficient (Wildman–Crippen LogP) is 1.51. The quantitative estimate of drug-likeness (QED) is 0.744. The maximum atomic E-state index is 11.3. The van der Waals surface area contributed by atoms with E-state index >= 15 is 0 Å². The molecule has 1 N–H and O–H groups in total. The fourth-order valence-corrected chi connectivity index (χ4v) is 1.95. The summed E-state index contributed by atoms with van der Waals surface area (Å²) in [5, 5.41) is 9.53. The molecule has 4 nitrogen and oxygen atoms in total. The Kier molecular flexibility index (Phi) is 4.74. The van der Waals surface area contributed by atoms with E-state index in [1.165, 1.54) is 7.11 Å². The Morgan fingerprint density at radius 1 is 1.31 bits per heavy atom. The monoisotopic (exact) mass is 230 g/mol. The minimum atomic E-state index is -0.779. The molecular formula is C12H22O4. The highest BCUT2D eigenvalue weighted by Gasteiger charge is 2.28. The molecule has 1 fully saturated rings. The van der Waals surface area contributed by atoms with Gasteiger partial charge in [0.25, 0.3) is 0 Å². The number of hydrogen-bond donors (Lipinski definition) is 1. The van der Waals surface area contributed by atoms with Crippen molar-refractivity contribution in [3.8, 4) is 0 Å². The number of carbonyl (C=O) groups excluding carboxylic acids is 1. The standard InChI is InChI=1S/C12H22O4/c1-12(2,14)8-16-10-6-4-9(5-7-10)11(13)15-3/h9-10,14H,4-8H2,1-3H3. The summed E-state index contributed by atoms with van der Waals surface area (Å²) in [5.74, 6) is -0.0760. The van der Waals surface area contributed by atoms with E-state index in [1.54, 1.807) is 13.8 Å². The molecule has 1 saturated carbocycles. The van der Waals surface area contributed by atoms with Gasteiger partial charge in [-0.3, -0.25) is 4.79 Å². The van der Waals surface area contributed by atoms with Crippen LogP contribution in [0, 0.1) is 5.92 Å². The highest BCUT2D eigenvalue weighted by Crippen LogP contribution is 2.27. The number of methoxy groups -OCH3 is 1. The first-order chi connectivity index (χ1) is 7.42. The van der Waals surface area contributed by atoms with E-state index in [0.717, 1.165) is 25.7 Å². The van der Waals surface area contributed by atoms with Crippen molar-refractivity contribution in [3.63, 3.8) is 0 Å². The van der Waals surface area contributed by atoms with Gasteiger partial charge in [0.2, 0.25) is 0 Å². The van der Waals surface area contributed by atoms with Gasteiger partial charge >= 0.3 is 5.97 Å². The van der Waals surface area contributed by atoms with Crippen molar-refractivity contribution in [2.45, 2.75) is 51.2 Å². The van der Waals surface area contributed by atoms with Crippen LogP contribution in [-0.2, 0) is 14.3 Å². The van der Waals surface area contributed by atoms with Gasteiger partial charge in [0, 0.05) is 0 Å². The largest absolute Gasteiger partial charge is 0.469 e. The third kappa shape index (κ3) is 4.49. The molecule has 0 amide bonds. The summed E-state index contributed by atoms with van der Waals surface area (Å²) in [6, 6.07) is 0. The average Bonchev–Trinajstić information content (AvgIpc) is 2.25. The maximum Gasteiger partial charge on any atom is 0.308 e. The zero-order valence-electron chi connectivity index (χ0n) is 10.4. The molecular weight excluding hydrogens is 208 g/mol. The molecule has 0 unspecified atom stereocenters. The molecule has 0 saturated heterocycles. The van der Waals surface area contributed by atoms with Crippen LogP contribution >= 0.6 is 0 Å². The summed E-state index contributed by atoms with van der Waals surface area (Å²) in [5.41, 5.74) is -0.779. The van der Waals surface area contributed by atoms with Gasteiger partial charge in [-0.1, -0.05) is 0 Å². The molecule has 0 heterocycles. The Bertz CT molecular complexity index is 224. The zero-order chi connectivity index (χ0) is 12.2. The van der Waals surface area contributed by atoms with Crippen molar-refractivity contribution in [1.82, 2.24) is 0 Å². The Morgan fingerprint density at radius 2 is 1.88 bits per heavy atom. The fourth-order valence-electron chi connectivity index (χ4n) is 1.95. The summed E-state index contributed by atoms with van der Waals surface area (Å²) >= 11 is 0. The van der Waals surface area contributed by atoms with Crippen molar-refractivity contribution in [3.05, 3.63) is 0 Å². The van der Waals surface area contributed by atoms with Crippen molar-refractivity contribution in [2.24, 2.45) is 5.92 Å². The van der Waals surface area contributed by atoms with Crippen LogP contribution in [-0.4, -0.2) is 36.5 Å². The highest BCUT2D eigenvalue weighted by molar-refractivity contribution is 5.72. The lowest BCUT2D eigenvalue weighted by Gasteiger charge is -2.29. The molecule has 0 aromatic heterocycles. The smallest absolute Gasteiger partial charge is 0.308 e. The lowest BCUT2D eigenvalue weighted by molar-refractivity contribution is -0.148. The summed E-state index contributed by atoms with van der Waals surface area (Å²) in [7, 11) is 1.43. The number of carbonyl (C=O) groups is 1. The van der Waals surface area contributed by atoms with Crippen LogP contribution < -0.4 is 0 Å². The number of rotatable bonds is 4. The van der Waals surface area contributed by atoms with Crippen LogP contribution in [0.1, 0.15) is 39.5 Å². The van der Waals surface area contributed by atoms with Crippen molar-refractivity contribution < 1.29 is 19.4 Å². The van der Waals surface area contributed by atoms with Crippen LogP contribution in [0.2, 0.25) is 0 Å². The van der Waals surface area contributed by atoms with Gasteiger partial charge in [0.1, 0.15) is 0 Å². The van der Waals surface area contributed by atoms with Gasteiger partial charge in [0.05, 0.1) is 31.3 Å². The average molecular weight is 230 g/mol. The second-order valence-corrected chi connectivity index (χ2v) is 5.12. The molecule has 0 aromatic rings. The van der Waals surface area contributed by atoms with Crippen LogP contribution in [0.15, 0.2) is 0 Å². The minimum absolute atomic E-state index is 0.0342. The Labute approximate surface area is 96.9 Å². The van der Waals surface area contributed by atoms with Crippen molar-refractivity contribution in [1.29, 1.82) is 0 Å². The molecule has 1 aliphatic carbocycles. The van der Waals surface area contributed by atoms with E-state index < -0.39 is 5.60 Å². The van der Waals surface area contributed by atoms with E-state index in [9.17, 15) is 9.90 Å². The molecule has 4 heteroatoms. The summed E-state index contributed by atoms with van der Waals surface area (Å²) in [4.78, 5) is 11.3. The van der Waals surface area contributed by atoms with Crippen LogP contribution in [0.25, 0.3) is 0 Å². The molecule has 1 aliphatic rings. The van der Waals surface area contributed by atoms with Gasteiger partial charge < -0.3 is 14.6 Å². The van der Waals surface area contributed by atoms with Crippen LogP contribution in [0.3, 0.4) is 0 Å². The highest BCUT2D eigenvalue weighted by atomic mass is 16.5. The first kappa shape index (κ1) is 13.5. The molecule has 0 radical (unpaired) electrons. The SMILES string of the molecule is COC(=O)C1CCC(OCC(C)(C)O)CC1. The van der Waals surface area contributed by atoms with Crippen LogP contribution in [0.4, 0.5) is 0 Å². The first-order valence-corrected chi connectivity index (χ1v) is 5.84. The van der Waals surface area contributed by atoms with Gasteiger partial charge in [-0.2, -0.15) is 0 Å². The Hall–Kier alpha value is -0.610. The van der Waals surface area contributed by atoms with Crippen LogP contribution in [0.5, 0.6) is 0 Å². The predicted molar refractivity (Wildman–Crippen MR) is 60.0 cm³/mol. The molecule has 0 atom stereocenters. The summed E-state index contributed by atoms with van der Waals surface area (Å²) in [6.45, 7) is 3.81. The number of ether oxygens (including phenoxy) is 2. The molecule has 16 heavy (non-hydrogen) atoms. The van der Waals surface area contributed by atoms with Gasteiger partial charge in [0.15, 0.2) is 0 Å². The molecule has 1 rings (SSSR count). The van der Waals surface area contributed by atoms with Gasteiger partial charge in [-0.05, 0) is 39.5 Å². The topological polar surface area (TPSA) is 55.8 Å². The summed E-state index contributed by atoms with van der Waals surface area (Å²) < 4.78 is 10.3. The fraction of sp³-hybridized carbons (Fsp3) is 0.917. The normalized spacial score (nSPS) is 26.5. The third-order valence-corrected chi connectivity index (χ3v) is 2.88. The number of hydrogen-bond acceptors (Lipinski definition) is 4. The van der Waals surface area contributed by atoms with Crippen molar-refractivity contribution >= 4 is 5.97 Å². The van der Waals surface area contributed by atoms with E-state index in [2.05, 4.69) is 0 Å². The lowest BCUT2D eigenvalue weighted by Crippen LogP contribution is -2.32. The van der Waals surface area contributed by atoms with E-state index in [1.807, 2.05) is 0 Å². The molecule has 0 spiro atoms. The number of esters is 1. The molecule has 94 valence electrons. The molecule has 0 bridgehead atoms. The van der Waals surface area contributed by atoms with Crippen molar-refractivity contribution in [2.75, 3.05) is 13.7 Å². The van der Waals surface area contributed by atoms with E-state index in [-0.39, 0.29) is 18.0 Å². The molecule has 0 aromatic carbocycles.